The summed E-state index contributed by atoms with van der Waals surface area (Å²) in [5.41, 5.74) is 1.03. The fourth-order valence-corrected chi connectivity index (χ4v) is 2.16. The van der Waals surface area contributed by atoms with Gasteiger partial charge in [0.05, 0.1) is 10.7 Å². The van der Waals surface area contributed by atoms with Gasteiger partial charge in [-0.15, -0.1) is 11.3 Å². The van der Waals surface area contributed by atoms with E-state index >= 15 is 0 Å². The smallest absolute Gasteiger partial charge is 0.116 e. The van der Waals surface area contributed by atoms with E-state index in [2.05, 4.69) is 18.8 Å². The first-order valence-electron chi connectivity index (χ1n) is 3.24. The molecule has 1 nitrogen and oxygen atoms in total. The molecule has 1 aromatic rings. The molecule has 1 heterocycles. The molecule has 0 amide bonds. The number of thiazole rings is 1. The van der Waals surface area contributed by atoms with E-state index in [0.29, 0.717) is 5.92 Å². The van der Waals surface area contributed by atoms with Gasteiger partial charge >= 0.3 is 0 Å². The van der Waals surface area contributed by atoms with Crippen LogP contribution in [0.1, 0.15) is 30.5 Å². The minimum Gasteiger partial charge on any atom is -0.245 e. The average molecular weight is 176 g/mol. The van der Waals surface area contributed by atoms with Crippen molar-refractivity contribution in [1.82, 2.24) is 4.98 Å². The zero-order valence-electron chi connectivity index (χ0n) is 6.31. The molecular formula is C7H10ClNS. The third kappa shape index (κ3) is 1.50. The number of nitrogens with zero attached hydrogens (tertiary/aromatic N) is 1. The summed E-state index contributed by atoms with van der Waals surface area (Å²) in [5.74, 6) is 0.442. The van der Waals surface area contributed by atoms with Crippen LogP contribution in [0, 0.1) is 6.92 Å². The molecule has 0 aromatic carbocycles. The molecule has 0 unspecified atom stereocenters. The van der Waals surface area contributed by atoms with Crippen molar-refractivity contribution in [2.45, 2.75) is 26.7 Å². The number of aromatic nitrogens is 1. The standard InChI is InChI=1S/C7H10ClNS/c1-4(2)6-7(8)10-5(3)9-6/h4H,1-3H3. The minimum absolute atomic E-state index is 0.442. The van der Waals surface area contributed by atoms with Gasteiger partial charge < -0.3 is 0 Å². The van der Waals surface area contributed by atoms with E-state index in [1.807, 2.05) is 6.92 Å². The topological polar surface area (TPSA) is 12.9 Å². The largest absolute Gasteiger partial charge is 0.245 e. The fraction of sp³-hybridized carbons (Fsp3) is 0.571. The van der Waals surface area contributed by atoms with Crippen molar-refractivity contribution in [2.24, 2.45) is 0 Å². The van der Waals surface area contributed by atoms with E-state index in [9.17, 15) is 0 Å². The predicted octanol–water partition coefficient (Wildman–Crippen LogP) is 3.23. The zero-order chi connectivity index (χ0) is 7.72. The first kappa shape index (κ1) is 8.02. The van der Waals surface area contributed by atoms with Crippen LogP contribution in [0.3, 0.4) is 0 Å². The highest BCUT2D eigenvalue weighted by atomic mass is 35.5. The van der Waals surface area contributed by atoms with Gasteiger partial charge in [0.1, 0.15) is 4.34 Å². The van der Waals surface area contributed by atoms with Crippen molar-refractivity contribution in [1.29, 1.82) is 0 Å². The van der Waals surface area contributed by atoms with E-state index in [0.717, 1.165) is 15.0 Å². The molecule has 10 heavy (non-hydrogen) atoms. The summed E-state index contributed by atoms with van der Waals surface area (Å²) >= 11 is 7.45. The molecule has 1 aromatic heterocycles. The van der Waals surface area contributed by atoms with Crippen LogP contribution in [0.25, 0.3) is 0 Å². The van der Waals surface area contributed by atoms with Gasteiger partial charge in [-0.1, -0.05) is 25.4 Å². The first-order valence-corrected chi connectivity index (χ1v) is 4.43. The highest BCUT2D eigenvalue weighted by Gasteiger charge is 2.09. The molecule has 0 spiro atoms. The van der Waals surface area contributed by atoms with Gasteiger partial charge in [0.15, 0.2) is 0 Å². The van der Waals surface area contributed by atoms with E-state index < -0.39 is 0 Å². The van der Waals surface area contributed by atoms with Gasteiger partial charge in [0.2, 0.25) is 0 Å². The molecule has 0 atom stereocenters. The van der Waals surface area contributed by atoms with Crippen molar-refractivity contribution in [2.75, 3.05) is 0 Å². The highest BCUT2D eigenvalue weighted by molar-refractivity contribution is 7.15. The summed E-state index contributed by atoms with van der Waals surface area (Å²) in [7, 11) is 0. The van der Waals surface area contributed by atoms with Crippen molar-refractivity contribution < 1.29 is 0 Å². The second-order valence-corrected chi connectivity index (χ2v) is 4.35. The molecule has 0 radical (unpaired) electrons. The van der Waals surface area contributed by atoms with Crippen LogP contribution in [-0.2, 0) is 0 Å². The van der Waals surface area contributed by atoms with Gasteiger partial charge in [0.25, 0.3) is 0 Å². The Kier molecular flexibility index (Phi) is 2.32. The molecule has 0 aliphatic heterocycles. The first-order chi connectivity index (χ1) is 4.61. The third-order valence-corrected chi connectivity index (χ3v) is 2.46. The zero-order valence-corrected chi connectivity index (χ0v) is 7.88. The number of halogens is 1. The normalized spacial score (nSPS) is 10.9. The molecule has 0 saturated heterocycles. The Balaban J connectivity index is 3.03. The van der Waals surface area contributed by atoms with Crippen LogP contribution in [0.15, 0.2) is 0 Å². The summed E-state index contributed by atoms with van der Waals surface area (Å²) < 4.78 is 0.840. The Labute approximate surface area is 70.1 Å². The number of hydrogen-bond acceptors (Lipinski definition) is 2. The Morgan fingerprint density at radius 1 is 1.50 bits per heavy atom. The van der Waals surface area contributed by atoms with Gasteiger partial charge in [0, 0.05) is 0 Å². The van der Waals surface area contributed by atoms with Crippen molar-refractivity contribution in [3.8, 4) is 0 Å². The second-order valence-electron chi connectivity index (χ2n) is 2.55. The maximum atomic E-state index is 5.90. The van der Waals surface area contributed by atoms with Gasteiger partial charge in [-0.3, -0.25) is 0 Å². The maximum Gasteiger partial charge on any atom is 0.116 e. The average Bonchev–Trinajstić information content (AvgIpc) is 2.10. The third-order valence-electron chi connectivity index (χ3n) is 1.26. The summed E-state index contributed by atoms with van der Waals surface area (Å²) in [6, 6.07) is 0. The maximum absolute atomic E-state index is 5.90. The van der Waals surface area contributed by atoms with Crippen molar-refractivity contribution >= 4 is 22.9 Å². The summed E-state index contributed by atoms with van der Waals surface area (Å²) in [6.45, 7) is 6.17. The quantitative estimate of drug-likeness (QED) is 0.639. The fourth-order valence-electron chi connectivity index (χ4n) is 0.774. The lowest BCUT2D eigenvalue weighted by Crippen LogP contribution is -1.87. The van der Waals surface area contributed by atoms with Crippen molar-refractivity contribution in [3.63, 3.8) is 0 Å². The molecule has 0 bridgehead atoms. The molecule has 0 fully saturated rings. The Morgan fingerprint density at radius 2 is 2.10 bits per heavy atom. The molecule has 0 saturated carbocycles. The summed E-state index contributed by atoms with van der Waals surface area (Å²) in [5, 5.41) is 1.05. The molecular weight excluding hydrogens is 166 g/mol. The van der Waals surface area contributed by atoms with Gasteiger partial charge in [-0.05, 0) is 12.8 Å². The van der Waals surface area contributed by atoms with E-state index in [1.54, 1.807) is 11.3 Å². The van der Waals surface area contributed by atoms with E-state index in [1.165, 1.54) is 0 Å². The summed E-state index contributed by atoms with van der Waals surface area (Å²) in [6.07, 6.45) is 0. The molecule has 3 heteroatoms. The highest BCUT2D eigenvalue weighted by Crippen LogP contribution is 2.28. The van der Waals surface area contributed by atoms with Crippen LogP contribution in [0.2, 0.25) is 4.34 Å². The van der Waals surface area contributed by atoms with Crippen LogP contribution in [-0.4, -0.2) is 4.98 Å². The number of aryl methyl sites for hydroxylation is 1. The van der Waals surface area contributed by atoms with Crippen LogP contribution in [0.5, 0.6) is 0 Å². The minimum atomic E-state index is 0.442. The van der Waals surface area contributed by atoms with E-state index in [-0.39, 0.29) is 0 Å². The Morgan fingerprint density at radius 3 is 2.30 bits per heavy atom. The summed E-state index contributed by atoms with van der Waals surface area (Å²) in [4.78, 5) is 4.30. The van der Waals surface area contributed by atoms with Crippen molar-refractivity contribution in [3.05, 3.63) is 15.0 Å². The molecule has 0 aliphatic carbocycles. The lowest BCUT2D eigenvalue weighted by Gasteiger charge is -1.97. The number of rotatable bonds is 1. The second kappa shape index (κ2) is 2.89. The molecule has 56 valence electrons. The molecule has 1 rings (SSSR count). The number of hydrogen-bond donors (Lipinski definition) is 0. The van der Waals surface area contributed by atoms with Crippen LogP contribution in [0.4, 0.5) is 0 Å². The monoisotopic (exact) mass is 175 g/mol. The molecule has 0 aliphatic rings. The van der Waals surface area contributed by atoms with Crippen LogP contribution >= 0.6 is 22.9 Å². The van der Waals surface area contributed by atoms with Gasteiger partial charge in [-0.25, -0.2) is 4.98 Å². The van der Waals surface area contributed by atoms with E-state index in [4.69, 9.17) is 11.6 Å². The predicted molar refractivity (Wildman–Crippen MR) is 46.0 cm³/mol. The van der Waals surface area contributed by atoms with Gasteiger partial charge in [-0.2, -0.15) is 0 Å². The SMILES string of the molecule is Cc1nc(C(C)C)c(Cl)s1. The lowest BCUT2D eigenvalue weighted by atomic mass is 10.2. The van der Waals surface area contributed by atoms with Crippen LogP contribution < -0.4 is 0 Å². The Hall–Kier alpha value is -0.0800. The molecule has 0 N–H and O–H groups in total. The Bertz CT molecular complexity index is 230. The lowest BCUT2D eigenvalue weighted by molar-refractivity contribution is 0.829.